The Hall–Kier alpha value is -10.9. The molecule has 418 valence electrons. The summed E-state index contributed by atoms with van der Waals surface area (Å²) in [6.07, 6.45) is 5.37. The van der Waals surface area contributed by atoms with Crippen LogP contribution in [0, 0.1) is 6.33 Å². The van der Waals surface area contributed by atoms with Crippen molar-refractivity contribution in [3.63, 3.8) is 0 Å². The van der Waals surface area contributed by atoms with Gasteiger partial charge >= 0.3 is 0 Å². The fourth-order valence-corrected chi connectivity index (χ4v) is 18.5. The fraction of sp³-hybridized carbons (Fsp3) is 0.0488. The van der Waals surface area contributed by atoms with Crippen molar-refractivity contribution in [1.29, 1.82) is 0 Å². The van der Waals surface area contributed by atoms with Crippen LogP contribution in [0.2, 0.25) is 0 Å². The van der Waals surface area contributed by atoms with Crippen LogP contribution in [-0.2, 0) is 5.41 Å². The van der Waals surface area contributed by atoms with E-state index in [0.717, 1.165) is 44.3 Å². The van der Waals surface area contributed by atoms with Gasteiger partial charge < -0.3 is 4.74 Å². The van der Waals surface area contributed by atoms with E-state index in [-0.39, 0.29) is 33.4 Å². The van der Waals surface area contributed by atoms with E-state index in [0.29, 0.717) is 28.2 Å². The van der Waals surface area contributed by atoms with Gasteiger partial charge in [0.2, 0.25) is 0 Å². The summed E-state index contributed by atoms with van der Waals surface area (Å²) in [5.41, 5.74) is 12.0. The number of hydrogen-bond acceptors (Lipinski definition) is 2. The summed E-state index contributed by atoms with van der Waals surface area (Å²) in [5, 5.41) is 7.34. The molecule has 0 spiro atoms. The highest BCUT2D eigenvalue weighted by Gasteiger charge is 2.46. The van der Waals surface area contributed by atoms with Gasteiger partial charge in [-0.3, -0.25) is 13.7 Å². The number of aromatic nitrogens is 4. The maximum absolute atomic E-state index is 9.15. The Morgan fingerprint density at radius 3 is 1.74 bits per heavy atom. The summed E-state index contributed by atoms with van der Waals surface area (Å²) >= 11 is 0. The molecular weight excluding hydrogens is 1090 g/mol. The summed E-state index contributed by atoms with van der Waals surface area (Å²) in [5.74, 6) is 1.82. The molecule has 0 amide bonds. The van der Waals surface area contributed by atoms with Crippen LogP contribution in [0.15, 0.2) is 309 Å². The zero-order valence-corrected chi connectivity index (χ0v) is 49.4. The van der Waals surface area contributed by atoms with Gasteiger partial charge in [-0.1, -0.05) is 263 Å². The quantitative estimate of drug-likeness (QED) is 0.0777. The second kappa shape index (κ2) is 21.2. The lowest BCUT2D eigenvalue weighted by Crippen LogP contribution is -2.75. The van der Waals surface area contributed by atoms with Gasteiger partial charge in [0, 0.05) is 23.0 Å². The minimum Gasteiger partial charge on any atom is -0.458 e. The number of fused-ring (bicyclic) bond motifs is 9. The first-order valence-electron chi connectivity index (χ1n) is 34.4. The third-order valence-electron chi connectivity index (χ3n) is 17.3. The number of ether oxygens (including phenoxy) is 1. The SMILES string of the molecule is [2H]c1c([2H])c([2H])c(-c2cccc(-c3c([2H])c([2H])c([2H])c([2H])c3[2H])c2-[n+]2[c-]n(-c3cccc(Oc4ccc5c6cc(-c7cccc([Si]8(c9ccccc9)c9ccccc9-c9ccccc9-c9ccccc98)c7)ccc6n(-c6cc(C(C)(C)C)ccn6)c5c4)c3)c3ccccc32)c([2H])c1[2H]. The summed E-state index contributed by atoms with van der Waals surface area (Å²) in [4.78, 5) is 5.06. The molecular formula is C82H60N4OSi. The molecule has 6 heteroatoms. The highest BCUT2D eigenvalue weighted by molar-refractivity contribution is 7.21. The van der Waals surface area contributed by atoms with Crippen molar-refractivity contribution in [3.05, 3.63) is 321 Å². The molecule has 0 unspecified atom stereocenters. The van der Waals surface area contributed by atoms with Crippen LogP contribution in [-0.4, -0.2) is 22.2 Å². The van der Waals surface area contributed by atoms with Crippen molar-refractivity contribution >= 4 is 61.7 Å². The van der Waals surface area contributed by atoms with Crippen molar-refractivity contribution < 1.29 is 23.0 Å². The Morgan fingerprint density at radius 2 is 1.03 bits per heavy atom. The fourth-order valence-electron chi connectivity index (χ4n) is 13.3. The first-order chi connectivity index (χ1) is 47.4. The summed E-state index contributed by atoms with van der Waals surface area (Å²) in [6.45, 7) is 6.61. The maximum atomic E-state index is 9.15. The van der Waals surface area contributed by atoms with Crippen molar-refractivity contribution in [2.75, 3.05) is 0 Å². The molecule has 16 rings (SSSR count). The Labute approximate surface area is 528 Å². The molecule has 12 aromatic carbocycles. The third kappa shape index (κ3) is 8.74. The Morgan fingerprint density at radius 1 is 0.443 bits per heavy atom. The second-order valence-corrected chi connectivity index (χ2v) is 27.0. The summed E-state index contributed by atoms with van der Waals surface area (Å²) in [7, 11) is -3.06. The molecule has 5 nitrogen and oxygen atoms in total. The van der Waals surface area contributed by atoms with Crippen molar-refractivity contribution in [3.8, 4) is 84.3 Å². The first kappa shape index (κ1) is 42.8. The monoisotopic (exact) mass is 1150 g/mol. The second-order valence-electron chi connectivity index (χ2n) is 23.3. The van der Waals surface area contributed by atoms with Crippen molar-refractivity contribution in [2.45, 2.75) is 26.2 Å². The molecule has 0 saturated heterocycles. The molecule has 88 heavy (non-hydrogen) atoms. The number of imidazole rings is 1. The van der Waals surface area contributed by atoms with E-state index in [1.54, 1.807) is 22.8 Å². The zero-order valence-electron chi connectivity index (χ0n) is 58.4. The summed E-state index contributed by atoms with van der Waals surface area (Å²) < 4.78 is 101. The van der Waals surface area contributed by atoms with E-state index in [1.165, 1.54) is 43.0 Å². The van der Waals surface area contributed by atoms with Crippen LogP contribution < -0.4 is 30.1 Å². The lowest BCUT2D eigenvalue weighted by Gasteiger charge is -2.36. The Bertz CT molecular complexity index is 5610. The van der Waals surface area contributed by atoms with Gasteiger partial charge in [0.25, 0.3) is 6.33 Å². The molecule has 0 aliphatic carbocycles. The Kier molecular flexibility index (Phi) is 10.3. The van der Waals surface area contributed by atoms with E-state index in [1.807, 2.05) is 65.4 Å². The molecule has 15 aromatic rings. The molecule has 0 N–H and O–H groups in total. The highest BCUT2D eigenvalue weighted by atomic mass is 28.3. The van der Waals surface area contributed by atoms with Crippen LogP contribution in [0.3, 0.4) is 0 Å². The predicted octanol–water partition coefficient (Wildman–Crippen LogP) is 17.3. The largest absolute Gasteiger partial charge is 0.458 e. The van der Waals surface area contributed by atoms with Gasteiger partial charge in [-0.15, -0.1) is 0 Å². The van der Waals surface area contributed by atoms with E-state index >= 15 is 0 Å². The minimum absolute atomic E-state index is 0.137. The van der Waals surface area contributed by atoms with E-state index in [2.05, 4.69) is 202 Å². The topological polar surface area (TPSA) is 35.9 Å². The van der Waals surface area contributed by atoms with Crippen LogP contribution in [0.4, 0.5) is 0 Å². The molecule has 0 atom stereocenters. The van der Waals surface area contributed by atoms with Gasteiger partial charge in [-0.05, 0) is 142 Å². The lowest BCUT2D eigenvalue weighted by molar-refractivity contribution is -0.571. The van der Waals surface area contributed by atoms with Crippen LogP contribution >= 0.6 is 0 Å². The smallest absolute Gasteiger partial charge is 0.269 e. The third-order valence-corrected chi connectivity index (χ3v) is 22.1. The molecule has 0 bridgehead atoms. The number of benzene rings is 12. The molecule has 1 aliphatic heterocycles. The van der Waals surface area contributed by atoms with E-state index < -0.39 is 68.5 Å². The van der Waals surface area contributed by atoms with Crippen LogP contribution in [0.1, 0.15) is 40.0 Å². The number of pyridine rings is 1. The molecule has 0 saturated carbocycles. The van der Waals surface area contributed by atoms with E-state index in [4.69, 9.17) is 23.4 Å². The summed E-state index contributed by atoms with van der Waals surface area (Å²) in [6, 6.07) is 78.9. The van der Waals surface area contributed by atoms with Gasteiger partial charge in [-0.25, -0.2) is 4.98 Å². The first-order valence-corrected chi connectivity index (χ1v) is 31.4. The van der Waals surface area contributed by atoms with E-state index in [9.17, 15) is 0 Å². The maximum Gasteiger partial charge on any atom is 0.269 e. The minimum atomic E-state index is -3.06. The number of hydrogen-bond donors (Lipinski definition) is 0. The highest BCUT2D eigenvalue weighted by Crippen LogP contribution is 2.41. The van der Waals surface area contributed by atoms with Crippen molar-refractivity contribution in [2.24, 2.45) is 0 Å². The number of para-hydroxylation sites is 3. The number of rotatable bonds is 10. The molecule has 0 radical (unpaired) electrons. The van der Waals surface area contributed by atoms with Crippen LogP contribution in [0.25, 0.3) is 106 Å². The zero-order chi connectivity index (χ0) is 67.6. The average molecular weight is 1160 g/mol. The Balaban J connectivity index is 0.834. The molecule has 3 aromatic heterocycles. The lowest BCUT2D eigenvalue weighted by atomic mass is 9.88. The molecule has 0 fully saturated rings. The predicted molar refractivity (Wildman–Crippen MR) is 365 cm³/mol. The molecule has 4 heterocycles. The normalized spacial score (nSPS) is 14.2. The van der Waals surface area contributed by atoms with Gasteiger partial charge in [0.15, 0.2) is 8.07 Å². The van der Waals surface area contributed by atoms with Crippen LogP contribution in [0.5, 0.6) is 11.5 Å². The molecule has 1 aliphatic rings. The van der Waals surface area contributed by atoms with Gasteiger partial charge in [0.1, 0.15) is 17.3 Å². The standard InChI is InChI=1S/C82H60N4OSi/c1-82(2,3)60-48-49-83-80(52-60)86-74-47-44-59(58-28-21-33-65(50-58)88(64-31-11-6-12-32-64)78-42-19-15-36-71(78)68-34-13-14-35-69(68)72-37-16-20-43-79(72)88)51-73(74)70-46-45-63(54-77(70)86)87-62-30-22-29-61(53-62)84-55-85(76-41-18-17-40-75(76)84)81-66(56-24-7-4-8-25-56)38-23-39-67(81)57-26-9-5-10-27-57/h4-54H,1-3H3/i4D,5D,7D,8D,9D,10D,24D,25D,26D,27D. The van der Waals surface area contributed by atoms with Crippen molar-refractivity contribution in [1.82, 2.24) is 14.1 Å². The van der Waals surface area contributed by atoms with Gasteiger partial charge in [0.05, 0.1) is 47.1 Å². The number of nitrogens with zero attached hydrogens (tertiary/aromatic N) is 4. The average Bonchev–Trinajstić information content (AvgIpc) is 1.43. The van der Waals surface area contributed by atoms with Gasteiger partial charge in [-0.2, -0.15) is 0 Å².